The van der Waals surface area contributed by atoms with Crippen molar-refractivity contribution in [2.75, 3.05) is 26.8 Å². The molecule has 2 rings (SSSR count). The van der Waals surface area contributed by atoms with E-state index in [4.69, 9.17) is 9.47 Å². The number of benzene rings is 1. The molecule has 1 aromatic heterocycles. The van der Waals surface area contributed by atoms with Crippen LogP contribution in [-0.4, -0.2) is 37.7 Å². The minimum atomic E-state index is -0.354. The zero-order valence-electron chi connectivity index (χ0n) is 15.2. The van der Waals surface area contributed by atoms with Gasteiger partial charge in [-0.2, -0.15) is 0 Å². The number of nitrogens with one attached hydrogen (secondary N) is 2. The zero-order valence-corrected chi connectivity index (χ0v) is 15.2. The molecule has 0 radical (unpaired) electrons. The number of ether oxygens (including phenoxy) is 2. The number of aromatic nitrogens is 1. The Balaban J connectivity index is 2.05. The van der Waals surface area contributed by atoms with Crippen LogP contribution in [0.15, 0.2) is 47.6 Å². The SMILES string of the molecule is CCNC(=NCc1cccnc1Oc1cccc(F)c1)NCCCOC. The molecule has 0 unspecified atom stereocenters. The fourth-order valence-electron chi connectivity index (χ4n) is 2.21. The van der Waals surface area contributed by atoms with Gasteiger partial charge in [-0.15, -0.1) is 0 Å². The quantitative estimate of drug-likeness (QED) is 0.409. The Morgan fingerprint density at radius 1 is 1.23 bits per heavy atom. The van der Waals surface area contributed by atoms with Gasteiger partial charge in [0.15, 0.2) is 5.96 Å². The molecule has 0 aliphatic rings. The minimum Gasteiger partial charge on any atom is -0.439 e. The van der Waals surface area contributed by atoms with Crippen LogP contribution in [0.2, 0.25) is 0 Å². The van der Waals surface area contributed by atoms with E-state index in [1.54, 1.807) is 25.4 Å². The van der Waals surface area contributed by atoms with Crippen molar-refractivity contribution in [2.45, 2.75) is 19.9 Å². The number of methoxy groups -OCH3 is 1. The second kappa shape index (κ2) is 11.0. The maximum absolute atomic E-state index is 13.3. The summed E-state index contributed by atoms with van der Waals surface area (Å²) in [7, 11) is 1.68. The van der Waals surface area contributed by atoms with Crippen LogP contribution in [0.3, 0.4) is 0 Å². The van der Waals surface area contributed by atoms with Gasteiger partial charge < -0.3 is 20.1 Å². The molecule has 26 heavy (non-hydrogen) atoms. The molecule has 2 N–H and O–H groups in total. The Kier molecular flexibility index (Phi) is 8.35. The molecule has 0 saturated carbocycles. The molecule has 1 heterocycles. The molecular formula is C19H25FN4O2. The Labute approximate surface area is 153 Å². The molecule has 140 valence electrons. The van der Waals surface area contributed by atoms with Crippen molar-refractivity contribution < 1.29 is 13.9 Å². The highest BCUT2D eigenvalue weighted by atomic mass is 19.1. The molecule has 7 heteroatoms. The van der Waals surface area contributed by atoms with Gasteiger partial charge >= 0.3 is 0 Å². The minimum absolute atomic E-state index is 0.354. The molecule has 0 aliphatic heterocycles. The van der Waals surface area contributed by atoms with E-state index in [1.165, 1.54) is 12.1 Å². The topological polar surface area (TPSA) is 67.8 Å². The van der Waals surface area contributed by atoms with Crippen molar-refractivity contribution in [1.82, 2.24) is 15.6 Å². The molecule has 0 bridgehead atoms. The van der Waals surface area contributed by atoms with Gasteiger partial charge in [0.1, 0.15) is 11.6 Å². The number of guanidine groups is 1. The summed E-state index contributed by atoms with van der Waals surface area (Å²) in [6.07, 6.45) is 2.53. The first-order valence-corrected chi connectivity index (χ1v) is 8.61. The van der Waals surface area contributed by atoms with Gasteiger partial charge in [-0.1, -0.05) is 12.1 Å². The predicted molar refractivity (Wildman–Crippen MR) is 100 cm³/mol. The lowest BCUT2D eigenvalue weighted by molar-refractivity contribution is 0.195. The van der Waals surface area contributed by atoms with E-state index in [1.807, 2.05) is 19.1 Å². The molecular weight excluding hydrogens is 335 g/mol. The summed E-state index contributed by atoms with van der Waals surface area (Å²) in [5, 5.41) is 6.44. The third kappa shape index (κ3) is 6.68. The van der Waals surface area contributed by atoms with E-state index in [0.29, 0.717) is 30.7 Å². The van der Waals surface area contributed by atoms with Crippen LogP contribution in [0, 0.1) is 5.82 Å². The Hall–Kier alpha value is -2.67. The standard InChI is InChI=1S/C19H25FN4O2/c1-3-21-19(23-11-6-12-25-2)24-14-15-7-5-10-22-18(15)26-17-9-4-8-16(20)13-17/h4-5,7-10,13H,3,6,11-12,14H2,1-2H3,(H2,21,23,24). The van der Waals surface area contributed by atoms with Crippen molar-refractivity contribution in [3.8, 4) is 11.6 Å². The summed E-state index contributed by atoms with van der Waals surface area (Å²) in [4.78, 5) is 8.80. The maximum Gasteiger partial charge on any atom is 0.224 e. The van der Waals surface area contributed by atoms with Gasteiger partial charge in [-0.25, -0.2) is 14.4 Å². The molecule has 1 aromatic carbocycles. The fraction of sp³-hybridized carbons (Fsp3) is 0.368. The number of hydrogen-bond acceptors (Lipinski definition) is 4. The fourth-order valence-corrected chi connectivity index (χ4v) is 2.21. The van der Waals surface area contributed by atoms with E-state index in [-0.39, 0.29) is 5.82 Å². The third-order valence-corrected chi connectivity index (χ3v) is 3.43. The first-order chi connectivity index (χ1) is 12.7. The van der Waals surface area contributed by atoms with Crippen molar-refractivity contribution in [3.05, 3.63) is 54.0 Å². The van der Waals surface area contributed by atoms with Gasteiger partial charge in [-0.05, 0) is 31.5 Å². The van der Waals surface area contributed by atoms with Crippen LogP contribution in [-0.2, 0) is 11.3 Å². The largest absolute Gasteiger partial charge is 0.439 e. The van der Waals surface area contributed by atoms with E-state index >= 15 is 0 Å². The highest BCUT2D eigenvalue weighted by Gasteiger charge is 2.07. The van der Waals surface area contributed by atoms with Crippen molar-refractivity contribution in [1.29, 1.82) is 0 Å². The summed E-state index contributed by atoms with van der Waals surface area (Å²) >= 11 is 0. The lowest BCUT2D eigenvalue weighted by Crippen LogP contribution is -2.38. The average Bonchev–Trinajstić information content (AvgIpc) is 2.64. The number of halogens is 1. The summed E-state index contributed by atoms with van der Waals surface area (Å²) in [6, 6.07) is 9.68. The smallest absolute Gasteiger partial charge is 0.224 e. The second-order valence-electron chi connectivity index (χ2n) is 5.50. The van der Waals surface area contributed by atoms with Gasteiger partial charge in [0.2, 0.25) is 5.88 Å². The molecule has 0 fully saturated rings. The van der Waals surface area contributed by atoms with E-state index in [2.05, 4.69) is 20.6 Å². The maximum atomic E-state index is 13.3. The Bertz CT molecular complexity index is 709. The molecule has 0 spiro atoms. The summed E-state index contributed by atoms with van der Waals surface area (Å²) in [5.74, 6) is 1.17. The number of pyridine rings is 1. The van der Waals surface area contributed by atoms with Crippen LogP contribution in [0.4, 0.5) is 4.39 Å². The van der Waals surface area contributed by atoms with Gasteiger partial charge in [0, 0.05) is 44.6 Å². The van der Waals surface area contributed by atoms with Gasteiger partial charge in [0.25, 0.3) is 0 Å². The molecule has 0 amide bonds. The number of rotatable bonds is 9. The molecule has 2 aromatic rings. The zero-order chi connectivity index (χ0) is 18.6. The molecule has 0 aliphatic carbocycles. The Morgan fingerprint density at radius 2 is 2.12 bits per heavy atom. The lowest BCUT2D eigenvalue weighted by Gasteiger charge is -2.12. The lowest BCUT2D eigenvalue weighted by atomic mass is 10.2. The monoisotopic (exact) mass is 360 g/mol. The summed E-state index contributed by atoms with van der Waals surface area (Å²) in [5.41, 5.74) is 0.811. The van der Waals surface area contributed by atoms with Crippen LogP contribution >= 0.6 is 0 Å². The van der Waals surface area contributed by atoms with Crippen LogP contribution in [0.5, 0.6) is 11.6 Å². The molecule has 0 saturated heterocycles. The van der Waals surface area contributed by atoms with Gasteiger partial charge in [-0.3, -0.25) is 0 Å². The van der Waals surface area contributed by atoms with Gasteiger partial charge in [0.05, 0.1) is 6.54 Å². The first-order valence-electron chi connectivity index (χ1n) is 8.61. The van der Waals surface area contributed by atoms with Crippen LogP contribution in [0.1, 0.15) is 18.9 Å². The normalized spacial score (nSPS) is 11.3. The van der Waals surface area contributed by atoms with E-state index < -0.39 is 0 Å². The number of hydrogen-bond donors (Lipinski definition) is 2. The van der Waals surface area contributed by atoms with E-state index in [9.17, 15) is 4.39 Å². The highest BCUT2D eigenvalue weighted by molar-refractivity contribution is 5.79. The second-order valence-corrected chi connectivity index (χ2v) is 5.50. The average molecular weight is 360 g/mol. The van der Waals surface area contributed by atoms with Crippen LogP contribution in [0.25, 0.3) is 0 Å². The Morgan fingerprint density at radius 3 is 2.88 bits per heavy atom. The van der Waals surface area contributed by atoms with Crippen LogP contribution < -0.4 is 15.4 Å². The molecule has 0 atom stereocenters. The summed E-state index contributed by atoms with van der Waals surface area (Å²) in [6.45, 7) is 4.61. The number of nitrogens with zero attached hydrogens (tertiary/aromatic N) is 2. The van der Waals surface area contributed by atoms with E-state index in [0.717, 1.165) is 25.1 Å². The van der Waals surface area contributed by atoms with Crippen molar-refractivity contribution in [3.63, 3.8) is 0 Å². The summed E-state index contributed by atoms with van der Waals surface area (Å²) < 4.78 is 24.1. The molecule has 6 nitrogen and oxygen atoms in total. The van der Waals surface area contributed by atoms with Crippen molar-refractivity contribution in [2.24, 2.45) is 4.99 Å². The predicted octanol–water partition coefficient (Wildman–Crippen LogP) is 3.10. The van der Waals surface area contributed by atoms with Crippen molar-refractivity contribution >= 4 is 5.96 Å². The third-order valence-electron chi connectivity index (χ3n) is 3.43. The highest BCUT2D eigenvalue weighted by Crippen LogP contribution is 2.23. The first kappa shape index (κ1) is 19.7. The number of aliphatic imine (C=N–C) groups is 1.